The van der Waals surface area contributed by atoms with Crippen molar-refractivity contribution < 1.29 is 9.53 Å². The first-order chi connectivity index (χ1) is 6.49. The summed E-state index contributed by atoms with van der Waals surface area (Å²) in [4.78, 5) is 11.6. The Labute approximate surface area is 85.3 Å². The van der Waals surface area contributed by atoms with Crippen LogP contribution in [0.25, 0.3) is 0 Å². The number of hydrogen-bond donors (Lipinski definition) is 1. The van der Waals surface area contributed by atoms with Gasteiger partial charge in [-0.25, -0.2) is 0 Å². The van der Waals surface area contributed by atoms with E-state index in [4.69, 9.17) is 10.5 Å². The molecule has 1 aliphatic heterocycles. The van der Waals surface area contributed by atoms with Crippen molar-refractivity contribution in [3.05, 3.63) is 11.8 Å². The number of nitrogens with two attached hydrogens (primary N) is 1. The van der Waals surface area contributed by atoms with Gasteiger partial charge in [-0.15, -0.1) is 0 Å². The highest BCUT2D eigenvalue weighted by Gasteiger charge is 2.17. The summed E-state index contributed by atoms with van der Waals surface area (Å²) < 4.78 is 5.12. The first-order valence-corrected chi connectivity index (χ1v) is 5.12. The molecule has 0 aromatic carbocycles. The SMILES string of the molecule is CC(C)(N)CCC(=O)C1=COCCC1. The van der Waals surface area contributed by atoms with Gasteiger partial charge in [0.15, 0.2) is 5.78 Å². The lowest BCUT2D eigenvalue weighted by Crippen LogP contribution is -2.32. The molecule has 0 aromatic heterocycles. The number of ketones is 1. The Hall–Kier alpha value is -0.830. The summed E-state index contributed by atoms with van der Waals surface area (Å²) in [7, 11) is 0. The highest BCUT2D eigenvalue weighted by molar-refractivity contribution is 5.95. The largest absolute Gasteiger partial charge is 0.501 e. The molecule has 3 nitrogen and oxygen atoms in total. The van der Waals surface area contributed by atoms with Gasteiger partial charge in [-0.3, -0.25) is 4.79 Å². The number of carbonyl (C=O) groups is 1. The summed E-state index contributed by atoms with van der Waals surface area (Å²) in [6, 6.07) is 0. The normalized spacial score (nSPS) is 17.2. The number of hydrogen-bond acceptors (Lipinski definition) is 3. The summed E-state index contributed by atoms with van der Waals surface area (Å²) in [6.45, 7) is 4.61. The van der Waals surface area contributed by atoms with Crippen LogP contribution in [-0.4, -0.2) is 17.9 Å². The molecule has 80 valence electrons. The molecule has 1 aliphatic rings. The molecule has 0 unspecified atom stereocenters. The van der Waals surface area contributed by atoms with Crippen LogP contribution in [0.5, 0.6) is 0 Å². The second-order valence-corrected chi connectivity index (χ2v) is 4.53. The first kappa shape index (κ1) is 11.2. The van der Waals surface area contributed by atoms with Crippen LogP contribution in [0, 0.1) is 0 Å². The molecule has 0 atom stereocenters. The molecule has 1 heterocycles. The third kappa shape index (κ3) is 3.92. The molecule has 1 rings (SSSR count). The Kier molecular flexibility index (Phi) is 3.69. The molecule has 0 bridgehead atoms. The average molecular weight is 197 g/mol. The van der Waals surface area contributed by atoms with Crippen molar-refractivity contribution in [2.24, 2.45) is 5.73 Å². The molecular formula is C11H19NO2. The topological polar surface area (TPSA) is 52.3 Å². The molecule has 0 amide bonds. The van der Waals surface area contributed by atoms with Crippen LogP contribution in [-0.2, 0) is 9.53 Å². The molecule has 2 N–H and O–H groups in total. The van der Waals surface area contributed by atoms with Crippen molar-refractivity contribution in [1.29, 1.82) is 0 Å². The van der Waals surface area contributed by atoms with E-state index in [9.17, 15) is 4.79 Å². The molecule has 0 fully saturated rings. The summed E-state index contributed by atoms with van der Waals surface area (Å²) >= 11 is 0. The van der Waals surface area contributed by atoms with E-state index in [2.05, 4.69) is 0 Å². The van der Waals surface area contributed by atoms with Gasteiger partial charge >= 0.3 is 0 Å². The van der Waals surface area contributed by atoms with E-state index < -0.39 is 0 Å². The maximum absolute atomic E-state index is 11.6. The highest BCUT2D eigenvalue weighted by Crippen LogP contribution is 2.17. The molecule has 0 saturated heterocycles. The Balaban J connectivity index is 2.38. The van der Waals surface area contributed by atoms with Gasteiger partial charge in [0.1, 0.15) is 0 Å². The highest BCUT2D eigenvalue weighted by atomic mass is 16.5. The van der Waals surface area contributed by atoms with Crippen molar-refractivity contribution in [1.82, 2.24) is 0 Å². The second kappa shape index (κ2) is 4.60. The fraction of sp³-hybridized carbons (Fsp3) is 0.727. The zero-order valence-electron chi connectivity index (χ0n) is 9.01. The van der Waals surface area contributed by atoms with Crippen LogP contribution in [0.2, 0.25) is 0 Å². The van der Waals surface area contributed by atoms with E-state index in [1.54, 1.807) is 6.26 Å². The lowest BCUT2D eigenvalue weighted by atomic mass is 9.94. The van der Waals surface area contributed by atoms with Gasteiger partial charge in [0.25, 0.3) is 0 Å². The van der Waals surface area contributed by atoms with E-state index in [1.165, 1.54) is 0 Å². The van der Waals surface area contributed by atoms with Gasteiger partial charge < -0.3 is 10.5 Å². The number of allylic oxidation sites excluding steroid dienone is 1. The van der Waals surface area contributed by atoms with Gasteiger partial charge in [-0.2, -0.15) is 0 Å². The number of Topliss-reactive ketones (excluding diaryl/α,β-unsaturated/α-hetero) is 1. The van der Waals surface area contributed by atoms with Crippen LogP contribution in [0.15, 0.2) is 11.8 Å². The van der Waals surface area contributed by atoms with E-state index in [1.807, 2.05) is 13.8 Å². The standard InChI is InChI=1S/C11H19NO2/c1-11(2,12)6-5-10(13)9-4-3-7-14-8-9/h8H,3-7,12H2,1-2H3. The third-order valence-corrected chi connectivity index (χ3v) is 2.29. The molecular weight excluding hydrogens is 178 g/mol. The minimum Gasteiger partial charge on any atom is -0.501 e. The van der Waals surface area contributed by atoms with Crippen molar-refractivity contribution in [2.45, 2.75) is 45.1 Å². The summed E-state index contributed by atoms with van der Waals surface area (Å²) in [5.74, 6) is 0.184. The molecule has 3 heteroatoms. The Morgan fingerprint density at radius 1 is 1.64 bits per heavy atom. The average Bonchev–Trinajstić information content (AvgIpc) is 2.14. The molecule has 0 saturated carbocycles. The minimum atomic E-state index is -0.258. The van der Waals surface area contributed by atoms with Crippen LogP contribution in [0.1, 0.15) is 39.5 Å². The first-order valence-electron chi connectivity index (χ1n) is 5.12. The lowest BCUT2D eigenvalue weighted by Gasteiger charge is -2.18. The van der Waals surface area contributed by atoms with Gasteiger partial charge in [0.2, 0.25) is 0 Å². The number of rotatable bonds is 4. The maximum atomic E-state index is 11.6. The monoisotopic (exact) mass is 197 g/mol. The number of carbonyl (C=O) groups excluding carboxylic acids is 1. The van der Waals surface area contributed by atoms with Gasteiger partial charge in [-0.1, -0.05) is 0 Å². The van der Waals surface area contributed by atoms with Gasteiger partial charge in [0, 0.05) is 17.5 Å². The minimum absolute atomic E-state index is 0.184. The van der Waals surface area contributed by atoms with Crippen molar-refractivity contribution in [3.63, 3.8) is 0 Å². The fourth-order valence-corrected chi connectivity index (χ4v) is 1.37. The van der Waals surface area contributed by atoms with E-state index in [0.717, 1.165) is 31.4 Å². The summed E-state index contributed by atoms with van der Waals surface area (Å²) in [5.41, 5.74) is 6.37. The van der Waals surface area contributed by atoms with E-state index >= 15 is 0 Å². The van der Waals surface area contributed by atoms with Crippen LogP contribution in [0.4, 0.5) is 0 Å². The Morgan fingerprint density at radius 3 is 2.86 bits per heavy atom. The van der Waals surface area contributed by atoms with Crippen molar-refractivity contribution >= 4 is 5.78 Å². The Bertz CT molecular complexity index is 238. The van der Waals surface area contributed by atoms with Crippen molar-refractivity contribution in [2.75, 3.05) is 6.61 Å². The van der Waals surface area contributed by atoms with Gasteiger partial charge in [0.05, 0.1) is 12.9 Å². The molecule has 0 radical (unpaired) electrons. The summed E-state index contributed by atoms with van der Waals surface area (Å²) in [6.07, 6.45) is 4.66. The van der Waals surface area contributed by atoms with Crippen LogP contribution in [0.3, 0.4) is 0 Å². The maximum Gasteiger partial charge on any atom is 0.161 e. The molecule has 0 aromatic rings. The number of ether oxygens (including phenoxy) is 1. The predicted molar refractivity (Wildman–Crippen MR) is 55.8 cm³/mol. The zero-order valence-corrected chi connectivity index (χ0v) is 9.01. The van der Waals surface area contributed by atoms with Crippen LogP contribution >= 0.6 is 0 Å². The van der Waals surface area contributed by atoms with E-state index in [0.29, 0.717) is 6.42 Å². The smallest absolute Gasteiger partial charge is 0.161 e. The molecule has 0 spiro atoms. The van der Waals surface area contributed by atoms with Crippen LogP contribution < -0.4 is 5.73 Å². The third-order valence-electron chi connectivity index (χ3n) is 2.29. The molecule has 0 aliphatic carbocycles. The lowest BCUT2D eigenvalue weighted by molar-refractivity contribution is -0.116. The quantitative estimate of drug-likeness (QED) is 0.747. The molecule has 14 heavy (non-hydrogen) atoms. The second-order valence-electron chi connectivity index (χ2n) is 4.53. The van der Waals surface area contributed by atoms with Gasteiger partial charge in [-0.05, 0) is 33.1 Å². The van der Waals surface area contributed by atoms with E-state index in [-0.39, 0.29) is 11.3 Å². The fourth-order valence-electron chi connectivity index (χ4n) is 1.37. The predicted octanol–water partition coefficient (Wildman–Crippen LogP) is 1.77. The summed E-state index contributed by atoms with van der Waals surface area (Å²) in [5, 5.41) is 0. The zero-order chi connectivity index (χ0) is 10.6. The Morgan fingerprint density at radius 2 is 2.36 bits per heavy atom. The van der Waals surface area contributed by atoms with Crippen molar-refractivity contribution in [3.8, 4) is 0 Å².